The molecule has 0 radical (unpaired) electrons. The van der Waals surface area contributed by atoms with E-state index in [1.54, 1.807) is 38.4 Å². The van der Waals surface area contributed by atoms with Crippen LogP contribution >= 0.6 is 12.4 Å². The first-order valence-electron chi connectivity index (χ1n) is 7.32. The summed E-state index contributed by atoms with van der Waals surface area (Å²) in [7, 11) is 3.39. The number of carbonyl (C=O) groups is 2. The van der Waals surface area contributed by atoms with Crippen LogP contribution < -0.4 is 11.1 Å². The SMILES string of the molecule is CCCCC(CN)NC(=O)c1ccc(C(=O)N(C)C)cc1.Cl. The highest BCUT2D eigenvalue weighted by Gasteiger charge is 2.13. The smallest absolute Gasteiger partial charge is 0.253 e. The van der Waals surface area contributed by atoms with E-state index in [0.29, 0.717) is 17.7 Å². The Bertz CT molecular complexity index is 475. The Morgan fingerprint density at radius 2 is 1.73 bits per heavy atom. The summed E-state index contributed by atoms with van der Waals surface area (Å²) >= 11 is 0. The monoisotopic (exact) mass is 327 g/mol. The van der Waals surface area contributed by atoms with Gasteiger partial charge in [-0.2, -0.15) is 0 Å². The lowest BCUT2D eigenvalue weighted by molar-refractivity contribution is 0.0826. The molecule has 1 aromatic carbocycles. The molecule has 1 atom stereocenters. The third kappa shape index (κ3) is 6.03. The van der Waals surface area contributed by atoms with Crippen molar-refractivity contribution in [3.8, 4) is 0 Å². The number of nitrogens with two attached hydrogens (primary N) is 1. The minimum atomic E-state index is -0.148. The van der Waals surface area contributed by atoms with Crippen LogP contribution in [0.5, 0.6) is 0 Å². The van der Waals surface area contributed by atoms with Crippen LogP contribution in [0.25, 0.3) is 0 Å². The van der Waals surface area contributed by atoms with Crippen LogP contribution in [0.3, 0.4) is 0 Å². The lowest BCUT2D eigenvalue weighted by atomic mass is 10.1. The Labute approximate surface area is 138 Å². The van der Waals surface area contributed by atoms with Gasteiger partial charge in [-0.05, 0) is 30.7 Å². The molecular weight excluding hydrogens is 302 g/mol. The molecule has 0 aliphatic heterocycles. The van der Waals surface area contributed by atoms with Crippen LogP contribution in [0.2, 0.25) is 0 Å². The van der Waals surface area contributed by atoms with Gasteiger partial charge in [-0.1, -0.05) is 19.8 Å². The number of unbranched alkanes of at least 4 members (excludes halogenated alkanes) is 1. The second-order valence-corrected chi connectivity index (χ2v) is 5.33. The Hall–Kier alpha value is -1.59. The highest BCUT2D eigenvalue weighted by Crippen LogP contribution is 2.07. The number of hydrogen-bond donors (Lipinski definition) is 2. The van der Waals surface area contributed by atoms with E-state index < -0.39 is 0 Å². The molecule has 0 spiro atoms. The molecule has 0 heterocycles. The Balaban J connectivity index is 0.00000441. The van der Waals surface area contributed by atoms with Crippen LogP contribution in [0.1, 0.15) is 46.9 Å². The molecule has 1 rings (SSSR count). The highest BCUT2D eigenvalue weighted by atomic mass is 35.5. The number of rotatable bonds is 7. The number of nitrogens with zero attached hydrogens (tertiary/aromatic N) is 1. The molecule has 0 fully saturated rings. The molecule has 2 amide bonds. The average Bonchev–Trinajstić information content (AvgIpc) is 2.50. The summed E-state index contributed by atoms with van der Waals surface area (Å²) in [5, 5.41) is 2.93. The molecule has 5 nitrogen and oxygen atoms in total. The van der Waals surface area contributed by atoms with Gasteiger partial charge < -0.3 is 16.0 Å². The van der Waals surface area contributed by atoms with Crippen molar-refractivity contribution in [3.63, 3.8) is 0 Å². The van der Waals surface area contributed by atoms with E-state index in [1.165, 1.54) is 4.90 Å². The van der Waals surface area contributed by atoms with E-state index in [1.807, 2.05) is 0 Å². The lowest BCUT2D eigenvalue weighted by Crippen LogP contribution is -2.40. The lowest BCUT2D eigenvalue weighted by Gasteiger charge is -2.16. The van der Waals surface area contributed by atoms with Gasteiger partial charge in [-0.3, -0.25) is 9.59 Å². The largest absolute Gasteiger partial charge is 0.348 e. The zero-order valence-corrected chi connectivity index (χ0v) is 14.3. The zero-order chi connectivity index (χ0) is 15.8. The summed E-state index contributed by atoms with van der Waals surface area (Å²) in [6, 6.07) is 6.67. The van der Waals surface area contributed by atoms with E-state index >= 15 is 0 Å². The van der Waals surface area contributed by atoms with E-state index in [-0.39, 0.29) is 30.3 Å². The van der Waals surface area contributed by atoms with Gasteiger partial charge in [0.2, 0.25) is 0 Å². The van der Waals surface area contributed by atoms with E-state index in [0.717, 1.165) is 19.3 Å². The molecule has 0 aliphatic rings. The summed E-state index contributed by atoms with van der Waals surface area (Å²) in [5.74, 6) is -0.227. The van der Waals surface area contributed by atoms with Gasteiger partial charge in [-0.15, -0.1) is 12.4 Å². The molecule has 6 heteroatoms. The van der Waals surface area contributed by atoms with Crippen molar-refractivity contribution in [2.45, 2.75) is 32.2 Å². The van der Waals surface area contributed by atoms with Crippen molar-refractivity contribution in [1.82, 2.24) is 10.2 Å². The summed E-state index contributed by atoms with van der Waals surface area (Å²) in [6.07, 6.45) is 3.00. The summed E-state index contributed by atoms with van der Waals surface area (Å²) in [6.45, 7) is 2.54. The van der Waals surface area contributed by atoms with Gasteiger partial charge in [0.25, 0.3) is 11.8 Å². The van der Waals surface area contributed by atoms with Gasteiger partial charge >= 0.3 is 0 Å². The summed E-state index contributed by atoms with van der Waals surface area (Å²) in [5.41, 5.74) is 6.78. The van der Waals surface area contributed by atoms with Crippen molar-refractivity contribution < 1.29 is 9.59 Å². The number of hydrogen-bond acceptors (Lipinski definition) is 3. The maximum Gasteiger partial charge on any atom is 0.253 e. The number of halogens is 1. The molecule has 0 aliphatic carbocycles. The van der Waals surface area contributed by atoms with Crippen LogP contribution in [-0.2, 0) is 0 Å². The minimum Gasteiger partial charge on any atom is -0.348 e. The number of amides is 2. The molecule has 0 bridgehead atoms. The van der Waals surface area contributed by atoms with Crippen LogP contribution in [0.15, 0.2) is 24.3 Å². The highest BCUT2D eigenvalue weighted by molar-refractivity contribution is 5.97. The predicted molar refractivity (Wildman–Crippen MR) is 91.5 cm³/mol. The first-order valence-corrected chi connectivity index (χ1v) is 7.32. The quantitative estimate of drug-likeness (QED) is 0.805. The Morgan fingerprint density at radius 3 is 2.18 bits per heavy atom. The first kappa shape index (κ1) is 20.4. The third-order valence-corrected chi connectivity index (χ3v) is 3.33. The fraction of sp³-hybridized carbons (Fsp3) is 0.500. The molecule has 1 aromatic rings. The third-order valence-electron chi connectivity index (χ3n) is 3.33. The number of carbonyl (C=O) groups excluding carboxylic acids is 2. The average molecular weight is 328 g/mol. The van der Waals surface area contributed by atoms with Crippen molar-refractivity contribution >= 4 is 24.2 Å². The zero-order valence-electron chi connectivity index (χ0n) is 13.5. The Morgan fingerprint density at radius 1 is 1.18 bits per heavy atom. The molecule has 0 aromatic heterocycles. The van der Waals surface area contributed by atoms with Crippen LogP contribution in [0, 0.1) is 0 Å². The molecule has 0 saturated heterocycles. The van der Waals surface area contributed by atoms with Crippen molar-refractivity contribution in [2.75, 3.05) is 20.6 Å². The minimum absolute atomic E-state index is 0. The van der Waals surface area contributed by atoms with E-state index in [2.05, 4.69) is 12.2 Å². The molecule has 1 unspecified atom stereocenters. The molecule has 124 valence electrons. The normalized spacial score (nSPS) is 11.3. The maximum atomic E-state index is 12.1. The van der Waals surface area contributed by atoms with Crippen LogP contribution in [0.4, 0.5) is 0 Å². The first-order chi connectivity index (χ1) is 9.99. The molecule has 22 heavy (non-hydrogen) atoms. The maximum absolute atomic E-state index is 12.1. The fourth-order valence-electron chi connectivity index (χ4n) is 1.99. The van der Waals surface area contributed by atoms with Crippen molar-refractivity contribution in [3.05, 3.63) is 35.4 Å². The van der Waals surface area contributed by atoms with Gasteiger partial charge in [0.15, 0.2) is 0 Å². The molecular formula is C16H26ClN3O2. The standard InChI is InChI=1S/C16H25N3O2.ClH/c1-4-5-6-14(11-17)18-15(20)12-7-9-13(10-8-12)16(21)19(2)3;/h7-10,14H,4-6,11,17H2,1-3H3,(H,18,20);1H. The van der Waals surface area contributed by atoms with Gasteiger partial charge in [-0.25, -0.2) is 0 Å². The number of benzene rings is 1. The molecule has 3 N–H and O–H groups in total. The topological polar surface area (TPSA) is 75.4 Å². The van der Waals surface area contributed by atoms with E-state index in [4.69, 9.17) is 5.73 Å². The Kier molecular flexibility index (Phi) is 9.45. The van der Waals surface area contributed by atoms with Gasteiger partial charge in [0.1, 0.15) is 0 Å². The van der Waals surface area contributed by atoms with E-state index in [9.17, 15) is 9.59 Å². The van der Waals surface area contributed by atoms with Crippen molar-refractivity contribution in [1.29, 1.82) is 0 Å². The number of nitrogens with one attached hydrogen (secondary N) is 1. The van der Waals surface area contributed by atoms with Gasteiger partial charge in [0.05, 0.1) is 0 Å². The molecule has 0 saturated carbocycles. The van der Waals surface area contributed by atoms with Gasteiger partial charge in [0, 0.05) is 37.8 Å². The fourth-order valence-corrected chi connectivity index (χ4v) is 1.99. The summed E-state index contributed by atoms with van der Waals surface area (Å²) < 4.78 is 0. The summed E-state index contributed by atoms with van der Waals surface area (Å²) in [4.78, 5) is 25.4. The second-order valence-electron chi connectivity index (χ2n) is 5.33. The van der Waals surface area contributed by atoms with Crippen LogP contribution in [-0.4, -0.2) is 43.4 Å². The van der Waals surface area contributed by atoms with Crippen molar-refractivity contribution in [2.24, 2.45) is 5.73 Å². The predicted octanol–water partition coefficient (Wildman–Crippen LogP) is 2.06. The second kappa shape index (κ2) is 10.2.